The van der Waals surface area contributed by atoms with Gasteiger partial charge in [0, 0.05) is 6.42 Å². The number of rotatable bonds is 5. The van der Waals surface area contributed by atoms with Crippen LogP contribution >= 0.6 is 0 Å². The summed E-state index contributed by atoms with van der Waals surface area (Å²) in [6.07, 6.45) is 2.43. The van der Waals surface area contributed by atoms with Crippen molar-refractivity contribution in [1.82, 2.24) is 10.6 Å². The minimum atomic E-state index is -0.960. The van der Waals surface area contributed by atoms with Gasteiger partial charge < -0.3 is 15.7 Å². The largest absolute Gasteiger partial charge is 0.480 e. The van der Waals surface area contributed by atoms with E-state index < -0.39 is 12.0 Å². The number of aliphatic carboxylic acids is 1. The second-order valence-electron chi connectivity index (χ2n) is 5.02. The minimum absolute atomic E-state index is 0.0931. The van der Waals surface area contributed by atoms with Gasteiger partial charge in [-0.2, -0.15) is 0 Å². The summed E-state index contributed by atoms with van der Waals surface area (Å²) in [5.41, 5.74) is 0. The van der Waals surface area contributed by atoms with E-state index in [0.29, 0.717) is 12.3 Å². The van der Waals surface area contributed by atoms with Crippen LogP contribution in [0.3, 0.4) is 0 Å². The monoisotopic (exact) mass is 242 g/mol. The highest BCUT2D eigenvalue weighted by Gasteiger charge is 2.25. The molecule has 1 saturated heterocycles. The Balaban J connectivity index is 2.38. The fourth-order valence-electron chi connectivity index (χ4n) is 2.09. The summed E-state index contributed by atoms with van der Waals surface area (Å²) in [6, 6.07) is -0.774. The number of carboxylic acid groups (broad SMARTS) is 1. The fraction of sp³-hybridized carbons (Fsp3) is 0.833. The van der Waals surface area contributed by atoms with Crippen LogP contribution in [0.25, 0.3) is 0 Å². The number of carbonyl (C=O) groups excluding carboxylic acids is 1. The second-order valence-corrected chi connectivity index (χ2v) is 5.02. The van der Waals surface area contributed by atoms with Gasteiger partial charge in [0.05, 0.1) is 0 Å². The van der Waals surface area contributed by atoms with Crippen LogP contribution in [0.1, 0.15) is 33.1 Å². The predicted octanol–water partition coefficient (Wildman–Crippen LogP) is 0.601. The van der Waals surface area contributed by atoms with Crippen LogP contribution in [-0.2, 0) is 9.59 Å². The van der Waals surface area contributed by atoms with Crippen molar-refractivity contribution in [3.63, 3.8) is 0 Å². The van der Waals surface area contributed by atoms with Crippen LogP contribution in [0.15, 0.2) is 0 Å². The van der Waals surface area contributed by atoms with Crippen LogP contribution in [0.5, 0.6) is 0 Å². The lowest BCUT2D eigenvalue weighted by atomic mass is 9.94. The van der Waals surface area contributed by atoms with E-state index in [1.165, 1.54) is 0 Å². The molecule has 0 aromatic rings. The van der Waals surface area contributed by atoms with Gasteiger partial charge in [0.2, 0.25) is 5.91 Å². The molecule has 1 aliphatic heterocycles. The van der Waals surface area contributed by atoms with Crippen molar-refractivity contribution in [2.45, 2.75) is 39.2 Å². The maximum atomic E-state index is 11.7. The molecule has 17 heavy (non-hydrogen) atoms. The molecule has 3 N–H and O–H groups in total. The summed E-state index contributed by atoms with van der Waals surface area (Å²) < 4.78 is 0. The Kier molecular flexibility index (Phi) is 5.41. The molecule has 98 valence electrons. The molecule has 0 aromatic heterocycles. The molecule has 1 amide bonds. The van der Waals surface area contributed by atoms with Crippen molar-refractivity contribution in [2.75, 3.05) is 13.1 Å². The van der Waals surface area contributed by atoms with Gasteiger partial charge in [0.1, 0.15) is 6.04 Å². The third-order valence-corrected chi connectivity index (χ3v) is 3.18. The van der Waals surface area contributed by atoms with Gasteiger partial charge >= 0.3 is 5.97 Å². The van der Waals surface area contributed by atoms with Crippen molar-refractivity contribution >= 4 is 11.9 Å². The molecule has 1 heterocycles. The Morgan fingerprint density at radius 3 is 2.41 bits per heavy atom. The lowest BCUT2D eigenvalue weighted by molar-refractivity contribution is -0.143. The van der Waals surface area contributed by atoms with Gasteiger partial charge in [0.15, 0.2) is 0 Å². The van der Waals surface area contributed by atoms with Crippen molar-refractivity contribution in [1.29, 1.82) is 0 Å². The normalized spacial score (nSPS) is 19.0. The van der Waals surface area contributed by atoms with Crippen molar-refractivity contribution in [3.05, 3.63) is 0 Å². The van der Waals surface area contributed by atoms with E-state index in [9.17, 15) is 9.59 Å². The number of hydrogen-bond acceptors (Lipinski definition) is 3. The summed E-state index contributed by atoms with van der Waals surface area (Å²) in [5.74, 6) is -0.806. The smallest absolute Gasteiger partial charge is 0.326 e. The molecule has 1 aliphatic rings. The minimum Gasteiger partial charge on any atom is -0.480 e. The highest BCUT2D eigenvalue weighted by atomic mass is 16.4. The first kappa shape index (κ1) is 14.0. The highest BCUT2D eigenvalue weighted by Crippen LogP contribution is 2.16. The standard InChI is InChI=1S/C12H22N2O3/c1-8(2)11(12(16)17)14-10(15)7-9-3-5-13-6-4-9/h8-9,11,13H,3-7H2,1-2H3,(H,14,15)(H,16,17). The summed E-state index contributed by atoms with van der Waals surface area (Å²) in [4.78, 5) is 22.7. The Bertz CT molecular complexity index is 273. The zero-order valence-corrected chi connectivity index (χ0v) is 10.5. The second kappa shape index (κ2) is 6.59. The number of piperidine rings is 1. The van der Waals surface area contributed by atoms with Gasteiger partial charge in [-0.1, -0.05) is 13.8 Å². The van der Waals surface area contributed by atoms with Gasteiger partial charge in [0.25, 0.3) is 0 Å². The van der Waals surface area contributed by atoms with Crippen LogP contribution in [0, 0.1) is 11.8 Å². The van der Waals surface area contributed by atoms with Crippen LogP contribution in [0.2, 0.25) is 0 Å². The van der Waals surface area contributed by atoms with E-state index in [1.807, 2.05) is 0 Å². The SMILES string of the molecule is CC(C)C(NC(=O)CC1CCNCC1)C(=O)O. The molecular formula is C12H22N2O3. The lowest BCUT2D eigenvalue weighted by Gasteiger charge is -2.23. The molecule has 1 rings (SSSR count). The number of carbonyl (C=O) groups is 2. The quantitative estimate of drug-likeness (QED) is 0.659. The van der Waals surface area contributed by atoms with E-state index in [4.69, 9.17) is 5.11 Å². The average molecular weight is 242 g/mol. The molecule has 0 aromatic carbocycles. The summed E-state index contributed by atoms with van der Waals surface area (Å²) in [5, 5.41) is 14.8. The summed E-state index contributed by atoms with van der Waals surface area (Å²) >= 11 is 0. The summed E-state index contributed by atoms with van der Waals surface area (Å²) in [6.45, 7) is 5.49. The Morgan fingerprint density at radius 2 is 1.94 bits per heavy atom. The summed E-state index contributed by atoms with van der Waals surface area (Å²) in [7, 11) is 0. The van der Waals surface area contributed by atoms with Crippen molar-refractivity contribution in [2.24, 2.45) is 11.8 Å². The molecule has 0 spiro atoms. The molecular weight excluding hydrogens is 220 g/mol. The first-order chi connectivity index (χ1) is 8.00. The van der Waals surface area contributed by atoms with Crippen molar-refractivity contribution in [3.8, 4) is 0 Å². The third kappa shape index (κ3) is 4.73. The van der Waals surface area contributed by atoms with E-state index in [-0.39, 0.29) is 11.8 Å². The predicted molar refractivity (Wildman–Crippen MR) is 64.6 cm³/mol. The first-order valence-corrected chi connectivity index (χ1v) is 6.23. The molecule has 1 fully saturated rings. The number of amides is 1. The molecule has 0 saturated carbocycles. The number of hydrogen-bond donors (Lipinski definition) is 3. The molecule has 5 heteroatoms. The van der Waals surface area contributed by atoms with Gasteiger partial charge in [-0.3, -0.25) is 4.79 Å². The van der Waals surface area contributed by atoms with E-state index in [0.717, 1.165) is 25.9 Å². The molecule has 0 bridgehead atoms. The van der Waals surface area contributed by atoms with E-state index >= 15 is 0 Å². The zero-order valence-electron chi connectivity index (χ0n) is 10.5. The fourth-order valence-corrected chi connectivity index (χ4v) is 2.09. The van der Waals surface area contributed by atoms with Gasteiger partial charge in [-0.25, -0.2) is 4.79 Å². The number of carboxylic acids is 1. The Labute approximate surface area is 102 Å². The van der Waals surface area contributed by atoms with Gasteiger partial charge in [-0.15, -0.1) is 0 Å². The number of nitrogens with one attached hydrogen (secondary N) is 2. The highest BCUT2D eigenvalue weighted by molar-refractivity contribution is 5.83. The van der Waals surface area contributed by atoms with E-state index in [1.54, 1.807) is 13.8 Å². The molecule has 5 nitrogen and oxygen atoms in total. The van der Waals surface area contributed by atoms with Crippen LogP contribution < -0.4 is 10.6 Å². The Morgan fingerprint density at radius 1 is 1.35 bits per heavy atom. The topological polar surface area (TPSA) is 78.4 Å². The molecule has 1 atom stereocenters. The zero-order chi connectivity index (χ0) is 12.8. The maximum absolute atomic E-state index is 11.7. The molecule has 0 radical (unpaired) electrons. The van der Waals surface area contributed by atoms with Crippen molar-refractivity contribution < 1.29 is 14.7 Å². The van der Waals surface area contributed by atoms with E-state index in [2.05, 4.69) is 10.6 Å². The van der Waals surface area contributed by atoms with Crippen LogP contribution in [-0.4, -0.2) is 36.1 Å². The third-order valence-electron chi connectivity index (χ3n) is 3.18. The first-order valence-electron chi connectivity index (χ1n) is 6.23. The Hall–Kier alpha value is -1.10. The average Bonchev–Trinajstić information content (AvgIpc) is 2.26. The molecule has 0 aliphatic carbocycles. The molecule has 1 unspecified atom stereocenters. The van der Waals surface area contributed by atoms with Crippen LogP contribution in [0.4, 0.5) is 0 Å². The van der Waals surface area contributed by atoms with Gasteiger partial charge in [-0.05, 0) is 37.8 Å². The lowest BCUT2D eigenvalue weighted by Crippen LogP contribution is -2.45. The maximum Gasteiger partial charge on any atom is 0.326 e.